The standard InChI is InChI=1S/C10H12N4O2/c1-3-13-5-4-11-10(13)14-6-8(9(15)16)7(2)12-14/h4-6H,3H2,1-2H3,(H,15,16). The summed E-state index contributed by atoms with van der Waals surface area (Å²) in [4.78, 5) is 15.0. The quantitative estimate of drug-likeness (QED) is 0.840. The lowest BCUT2D eigenvalue weighted by molar-refractivity contribution is 0.0696. The molecule has 6 nitrogen and oxygen atoms in total. The van der Waals surface area contributed by atoms with Gasteiger partial charge in [-0.25, -0.2) is 14.5 Å². The number of hydrogen-bond donors (Lipinski definition) is 1. The summed E-state index contributed by atoms with van der Waals surface area (Å²) in [6.07, 6.45) is 4.97. The summed E-state index contributed by atoms with van der Waals surface area (Å²) in [5.74, 6) is -0.351. The first-order chi connectivity index (χ1) is 7.63. The monoisotopic (exact) mass is 220 g/mol. The number of carboxylic acids is 1. The van der Waals surface area contributed by atoms with Gasteiger partial charge >= 0.3 is 5.97 Å². The largest absolute Gasteiger partial charge is 0.478 e. The molecule has 0 spiro atoms. The summed E-state index contributed by atoms with van der Waals surface area (Å²) >= 11 is 0. The highest BCUT2D eigenvalue weighted by molar-refractivity contribution is 5.88. The molecular weight excluding hydrogens is 208 g/mol. The van der Waals surface area contributed by atoms with E-state index in [2.05, 4.69) is 10.1 Å². The summed E-state index contributed by atoms with van der Waals surface area (Å²) in [5.41, 5.74) is 0.684. The maximum atomic E-state index is 10.9. The Labute approximate surface area is 92.2 Å². The van der Waals surface area contributed by atoms with E-state index >= 15 is 0 Å². The van der Waals surface area contributed by atoms with E-state index in [9.17, 15) is 4.79 Å². The second-order valence-corrected chi connectivity index (χ2v) is 3.39. The van der Waals surface area contributed by atoms with Gasteiger partial charge in [-0.1, -0.05) is 0 Å². The van der Waals surface area contributed by atoms with Gasteiger partial charge in [-0.15, -0.1) is 0 Å². The second-order valence-electron chi connectivity index (χ2n) is 3.39. The summed E-state index contributed by atoms with van der Waals surface area (Å²) < 4.78 is 3.38. The lowest BCUT2D eigenvalue weighted by atomic mass is 10.3. The third-order valence-corrected chi connectivity index (χ3v) is 2.37. The molecule has 0 aliphatic rings. The Balaban J connectivity index is 2.49. The topological polar surface area (TPSA) is 72.9 Å². The molecule has 0 unspecified atom stereocenters. The first-order valence-corrected chi connectivity index (χ1v) is 4.94. The number of aryl methyl sites for hydroxylation is 2. The van der Waals surface area contributed by atoms with E-state index in [4.69, 9.17) is 5.11 Å². The molecular formula is C10H12N4O2. The SMILES string of the molecule is CCn1ccnc1-n1cc(C(=O)O)c(C)n1. The van der Waals surface area contributed by atoms with Gasteiger partial charge < -0.3 is 9.67 Å². The molecule has 0 fully saturated rings. The van der Waals surface area contributed by atoms with E-state index in [1.54, 1.807) is 13.1 Å². The van der Waals surface area contributed by atoms with Crippen molar-refractivity contribution in [3.8, 4) is 5.95 Å². The van der Waals surface area contributed by atoms with Gasteiger partial charge in [0.15, 0.2) is 0 Å². The van der Waals surface area contributed by atoms with Gasteiger partial charge in [0.05, 0.1) is 5.69 Å². The zero-order valence-electron chi connectivity index (χ0n) is 9.08. The van der Waals surface area contributed by atoms with Crippen LogP contribution in [-0.4, -0.2) is 30.4 Å². The van der Waals surface area contributed by atoms with Crippen molar-refractivity contribution >= 4 is 5.97 Å². The summed E-state index contributed by atoms with van der Waals surface area (Å²) in [7, 11) is 0. The average Bonchev–Trinajstić information content (AvgIpc) is 2.82. The van der Waals surface area contributed by atoms with Crippen LogP contribution in [0, 0.1) is 6.92 Å². The van der Waals surface area contributed by atoms with E-state index in [1.165, 1.54) is 10.9 Å². The fourth-order valence-corrected chi connectivity index (χ4v) is 1.53. The number of carbonyl (C=O) groups is 1. The highest BCUT2D eigenvalue weighted by atomic mass is 16.4. The Morgan fingerprint density at radius 1 is 1.56 bits per heavy atom. The van der Waals surface area contributed by atoms with Crippen LogP contribution in [0.3, 0.4) is 0 Å². The van der Waals surface area contributed by atoms with E-state index in [1.807, 2.05) is 17.7 Å². The molecule has 0 bridgehead atoms. The highest BCUT2D eigenvalue weighted by Gasteiger charge is 2.14. The molecule has 0 aliphatic heterocycles. The predicted molar refractivity (Wildman–Crippen MR) is 56.7 cm³/mol. The molecule has 0 saturated heterocycles. The third kappa shape index (κ3) is 1.58. The maximum absolute atomic E-state index is 10.9. The molecule has 0 aromatic carbocycles. The fourth-order valence-electron chi connectivity index (χ4n) is 1.53. The fraction of sp³-hybridized carbons (Fsp3) is 0.300. The molecule has 0 saturated carbocycles. The van der Waals surface area contributed by atoms with E-state index < -0.39 is 5.97 Å². The third-order valence-electron chi connectivity index (χ3n) is 2.37. The van der Waals surface area contributed by atoms with Crippen molar-refractivity contribution in [2.45, 2.75) is 20.4 Å². The smallest absolute Gasteiger partial charge is 0.339 e. The number of imidazole rings is 1. The maximum Gasteiger partial charge on any atom is 0.339 e. The van der Waals surface area contributed by atoms with E-state index in [-0.39, 0.29) is 5.56 Å². The second kappa shape index (κ2) is 3.80. The summed E-state index contributed by atoms with van der Waals surface area (Å²) in [6, 6.07) is 0. The molecule has 6 heteroatoms. The normalized spacial score (nSPS) is 10.6. The minimum absolute atomic E-state index is 0.200. The van der Waals surface area contributed by atoms with Crippen molar-refractivity contribution in [1.29, 1.82) is 0 Å². The van der Waals surface area contributed by atoms with E-state index in [0.717, 1.165) is 6.54 Å². The minimum Gasteiger partial charge on any atom is -0.478 e. The molecule has 0 atom stereocenters. The number of nitrogens with zero attached hydrogens (tertiary/aromatic N) is 4. The Kier molecular flexibility index (Phi) is 2.47. The van der Waals surface area contributed by atoms with Crippen LogP contribution >= 0.6 is 0 Å². The number of carboxylic acid groups (broad SMARTS) is 1. The van der Waals surface area contributed by atoms with Crippen LogP contribution in [0.4, 0.5) is 0 Å². The van der Waals surface area contributed by atoms with Crippen LogP contribution < -0.4 is 0 Å². The molecule has 0 amide bonds. The summed E-state index contributed by atoms with van der Waals surface area (Å²) in [6.45, 7) is 4.41. The molecule has 2 rings (SSSR count). The van der Waals surface area contributed by atoms with Gasteiger partial charge in [0.1, 0.15) is 5.56 Å². The minimum atomic E-state index is -0.974. The molecule has 2 heterocycles. The molecule has 0 aliphatic carbocycles. The van der Waals surface area contributed by atoms with Crippen LogP contribution in [0.15, 0.2) is 18.6 Å². The van der Waals surface area contributed by atoms with Crippen LogP contribution in [0.2, 0.25) is 0 Å². The lowest BCUT2D eigenvalue weighted by Crippen LogP contribution is -2.05. The Bertz CT molecular complexity index is 527. The Hall–Kier alpha value is -2.11. The van der Waals surface area contributed by atoms with Gasteiger partial charge in [0, 0.05) is 25.1 Å². The van der Waals surface area contributed by atoms with Crippen molar-refractivity contribution < 1.29 is 9.90 Å². The van der Waals surface area contributed by atoms with Crippen molar-refractivity contribution in [2.75, 3.05) is 0 Å². The van der Waals surface area contributed by atoms with Gasteiger partial charge in [-0.3, -0.25) is 0 Å². The first kappa shape index (κ1) is 10.4. The molecule has 16 heavy (non-hydrogen) atoms. The Morgan fingerprint density at radius 2 is 2.31 bits per heavy atom. The zero-order chi connectivity index (χ0) is 11.7. The highest BCUT2D eigenvalue weighted by Crippen LogP contribution is 2.10. The number of rotatable bonds is 3. The van der Waals surface area contributed by atoms with Crippen molar-refractivity contribution in [3.05, 3.63) is 29.8 Å². The predicted octanol–water partition coefficient (Wildman–Crippen LogP) is 1.10. The molecule has 1 N–H and O–H groups in total. The van der Waals surface area contributed by atoms with Crippen molar-refractivity contribution in [1.82, 2.24) is 19.3 Å². The lowest BCUT2D eigenvalue weighted by Gasteiger charge is -2.02. The average molecular weight is 220 g/mol. The van der Waals surface area contributed by atoms with E-state index in [0.29, 0.717) is 11.6 Å². The van der Waals surface area contributed by atoms with Crippen LogP contribution in [0.5, 0.6) is 0 Å². The first-order valence-electron chi connectivity index (χ1n) is 4.94. The molecule has 84 valence electrons. The molecule has 0 radical (unpaired) electrons. The van der Waals surface area contributed by atoms with Gasteiger partial charge in [0.2, 0.25) is 5.95 Å². The van der Waals surface area contributed by atoms with Crippen molar-refractivity contribution in [3.63, 3.8) is 0 Å². The van der Waals surface area contributed by atoms with Gasteiger partial charge in [-0.05, 0) is 13.8 Å². The van der Waals surface area contributed by atoms with Crippen LogP contribution in [0.25, 0.3) is 5.95 Å². The number of hydrogen-bond acceptors (Lipinski definition) is 3. The van der Waals surface area contributed by atoms with Crippen LogP contribution in [-0.2, 0) is 6.54 Å². The molecule has 2 aromatic heterocycles. The number of aromatic nitrogens is 4. The van der Waals surface area contributed by atoms with Gasteiger partial charge in [0.25, 0.3) is 0 Å². The zero-order valence-corrected chi connectivity index (χ0v) is 9.08. The van der Waals surface area contributed by atoms with Crippen molar-refractivity contribution in [2.24, 2.45) is 0 Å². The Morgan fingerprint density at radius 3 is 2.88 bits per heavy atom. The van der Waals surface area contributed by atoms with Gasteiger partial charge in [-0.2, -0.15) is 5.10 Å². The number of aromatic carboxylic acids is 1. The summed E-state index contributed by atoms with van der Waals surface area (Å²) in [5, 5.41) is 13.1. The van der Waals surface area contributed by atoms with Crippen LogP contribution in [0.1, 0.15) is 23.0 Å². The molecule has 2 aromatic rings.